The molecule has 1 aliphatic rings. The second-order valence-electron chi connectivity index (χ2n) is 3.66. The molecule has 0 N–H and O–H groups in total. The zero-order valence-electron chi connectivity index (χ0n) is 11.4. The highest BCUT2D eigenvalue weighted by Crippen LogP contribution is 2.23. The predicted octanol–water partition coefficient (Wildman–Crippen LogP) is 4.46. The molecule has 1 aliphatic heterocycles. The fourth-order valence-electron chi connectivity index (χ4n) is 1.20. The lowest BCUT2D eigenvalue weighted by Crippen LogP contribution is -2.00. The first kappa shape index (κ1) is 14.7. The number of imidazole rings is 1. The van der Waals surface area contributed by atoms with Crippen LogP contribution in [-0.2, 0) is 0 Å². The standard InChI is InChI=1S/C10H12N2.2C2H6/c1-10(2)4-3-9-11-6-8-12(9)7-5-10;2*1-2/h3-8H,1-2H3;2*1-2H3. The van der Waals surface area contributed by atoms with Gasteiger partial charge in [-0.2, -0.15) is 0 Å². The lowest BCUT2D eigenvalue weighted by atomic mass is 9.93. The zero-order chi connectivity index (χ0) is 12.6. The molecule has 0 saturated carbocycles. The lowest BCUT2D eigenvalue weighted by Gasteiger charge is -2.11. The summed E-state index contributed by atoms with van der Waals surface area (Å²) in [5.74, 6) is 0.997. The third-order valence-corrected chi connectivity index (χ3v) is 2.03. The molecule has 2 heterocycles. The molecule has 0 aromatic carbocycles. The molecule has 0 unspecified atom stereocenters. The van der Waals surface area contributed by atoms with Crippen molar-refractivity contribution >= 4 is 12.3 Å². The smallest absolute Gasteiger partial charge is 0.136 e. The fourth-order valence-corrected chi connectivity index (χ4v) is 1.20. The first-order chi connectivity index (χ1) is 7.67. The van der Waals surface area contributed by atoms with Crippen molar-refractivity contribution in [2.45, 2.75) is 41.5 Å². The largest absolute Gasteiger partial charge is 0.307 e. The minimum atomic E-state index is 0.140. The maximum atomic E-state index is 4.21. The van der Waals surface area contributed by atoms with Crippen molar-refractivity contribution < 1.29 is 0 Å². The van der Waals surface area contributed by atoms with Crippen molar-refractivity contribution in [3.8, 4) is 0 Å². The normalized spacial score (nSPS) is 14.9. The van der Waals surface area contributed by atoms with Gasteiger partial charge < -0.3 is 4.57 Å². The summed E-state index contributed by atoms with van der Waals surface area (Å²) >= 11 is 0. The molecule has 0 radical (unpaired) electrons. The Kier molecular flexibility index (Phi) is 6.47. The summed E-state index contributed by atoms with van der Waals surface area (Å²) in [4.78, 5) is 4.21. The molecular weight excluding hydrogens is 196 g/mol. The van der Waals surface area contributed by atoms with E-state index in [0.717, 1.165) is 5.82 Å². The SMILES string of the molecule is CC.CC.CC1(C)C=Cc2nccn2C=C1. The van der Waals surface area contributed by atoms with Gasteiger partial charge >= 0.3 is 0 Å². The van der Waals surface area contributed by atoms with Gasteiger partial charge in [0, 0.05) is 24.0 Å². The van der Waals surface area contributed by atoms with Gasteiger partial charge in [-0.15, -0.1) is 0 Å². The molecular formula is C14H24N2. The Morgan fingerprint density at radius 1 is 1.06 bits per heavy atom. The van der Waals surface area contributed by atoms with Crippen LogP contribution in [-0.4, -0.2) is 9.55 Å². The van der Waals surface area contributed by atoms with Crippen LogP contribution >= 0.6 is 0 Å². The van der Waals surface area contributed by atoms with Crippen LogP contribution in [0.15, 0.2) is 24.5 Å². The van der Waals surface area contributed by atoms with Crippen LogP contribution in [0, 0.1) is 5.41 Å². The molecule has 0 amide bonds. The summed E-state index contributed by atoms with van der Waals surface area (Å²) < 4.78 is 2.02. The Morgan fingerprint density at radius 3 is 2.31 bits per heavy atom. The van der Waals surface area contributed by atoms with Crippen LogP contribution in [0.25, 0.3) is 12.3 Å². The van der Waals surface area contributed by atoms with E-state index in [2.05, 4.69) is 43.3 Å². The number of aromatic nitrogens is 2. The number of nitrogens with zero attached hydrogens (tertiary/aromatic N) is 2. The summed E-state index contributed by atoms with van der Waals surface area (Å²) in [6.07, 6.45) is 12.2. The molecule has 0 aliphatic carbocycles. The second kappa shape index (κ2) is 7.04. The van der Waals surface area contributed by atoms with Crippen LogP contribution in [0.4, 0.5) is 0 Å². The maximum absolute atomic E-state index is 4.21. The first-order valence-electron chi connectivity index (χ1n) is 6.09. The molecule has 1 aromatic heterocycles. The van der Waals surface area contributed by atoms with E-state index in [9.17, 15) is 0 Å². The summed E-state index contributed by atoms with van der Waals surface area (Å²) in [6, 6.07) is 0. The Balaban J connectivity index is 0.000000509. The van der Waals surface area contributed by atoms with E-state index in [1.165, 1.54) is 0 Å². The van der Waals surface area contributed by atoms with Crippen molar-refractivity contribution in [2.75, 3.05) is 0 Å². The molecule has 2 heteroatoms. The molecule has 2 nitrogen and oxygen atoms in total. The number of hydrogen-bond acceptors (Lipinski definition) is 1. The zero-order valence-corrected chi connectivity index (χ0v) is 11.4. The average molecular weight is 220 g/mol. The van der Waals surface area contributed by atoms with Crippen molar-refractivity contribution in [1.82, 2.24) is 9.55 Å². The topological polar surface area (TPSA) is 17.8 Å². The van der Waals surface area contributed by atoms with Gasteiger partial charge in [-0.25, -0.2) is 4.98 Å². The Morgan fingerprint density at radius 2 is 1.69 bits per heavy atom. The summed E-state index contributed by atoms with van der Waals surface area (Å²) in [5, 5.41) is 0. The Hall–Kier alpha value is -1.31. The predicted molar refractivity (Wildman–Crippen MR) is 73.1 cm³/mol. The highest BCUT2D eigenvalue weighted by molar-refractivity contribution is 5.50. The molecule has 2 rings (SSSR count). The lowest BCUT2D eigenvalue weighted by molar-refractivity contribution is 0.632. The van der Waals surface area contributed by atoms with Crippen LogP contribution in [0.5, 0.6) is 0 Å². The Bertz CT molecular complexity index is 313. The molecule has 0 saturated heterocycles. The van der Waals surface area contributed by atoms with E-state index in [-0.39, 0.29) is 5.41 Å². The van der Waals surface area contributed by atoms with Crippen molar-refractivity contribution in [1.29, 1.82) is 0 Å². The van der Waals surface area contributed by atoms with E-state index in [0.29, 0.717) is 0 Å². The number of allylic oxidation sites excluding steroid dienone is 2. The molecule has 16 heavy (non-hydrogen) atoms. The summed E-state index contributed by atoms with van der Waals surface area (Å²) in [5.41, 5.74) is 0.140. The Labute approximate surface area is 99.7 Å². The highest BCUT2D eigenvalue weighted by atomic mass is 15.0. The fraction of sp³-hybridized carbons (Fsp3) is 0.500. The third kappa shape index (κ3) is 4.05. The van der Waals surface area contributed by atoms with Crippen LogP contribution in [0.1, 0.15) is 47.4 Å². The van der Waals surface area contributed by atoms with Crippen LogP contribution in [0.2, 0.25) is 0 Å². The third-order valence-electron chi connectivity index (χ3n) is 2.03. The van der Waals surface area contributed by atoms with Crippen molar-refractivity contribution in [2.24, 2.45) is 5.41 Å². The van der Waals surface area contributed by atoms with Gasteiger partial charge in [-0.1, -0.05) is 53.7 Å². The van der Waals surface area contributed by atoms with Gasteiger partial charge in [-0.3, -0.25) is 0 Å². The van der Waals surface area contributed by atoms with Crippen molar-refractivity contribution in [3.05, 3.63) is 30.4 Å². The number of rotatable bonds is 0. The molecule has 0 bridgehead atoms. The molecule has 0 fully saturated rings. The summed E-state index contributed by atoms with van der Waals surface area (Å²) in [7, 11) is 0. The van der Waals surface area contributed by atoms with Gasteiger partial charge in [0.25, 0.3) is 0 Å². The number of hydrogen-bond donors (Lipinski definition) is 0. The minimum Gasteiger partial charge on any atom is -0.307 e. The van der Waals surface area contributed by atoms with Crippen LogP contribution in [0.3, 0.4) is 0 Å². The van der Waals surface area contributed by atoms with E-state index in [1.54, 1.807) is 0 Å². The second-order valence-corrected chi connectivity index (χ2v) is 3.66. The van der Waals surface area contributed by atoms with Gasteiger partial charge in [0.2, 0.25) is 0 Å². The quantitative estimate of drug-likeness (QED) is 0.631. The monoisotopic (exact) mass is 220 g/mol. The van der Waals surface area contributed by atoms with Gasteiger partial charge in [0.15, 0.2) is 0 Å². The minimum absolute atomic E-state index is 0.140. The summed E-state index contributed by atoms with van der Waals surface area (Å²) in [6.45, 7) is 12.3. The maximum Gasteiger partial charge on any atom is 0.136 e. The first-order valence-corrected chi connectivity index (χ1v) is 6.09. The van der Waals surface area contributed by atoms with E-state index in [4.69, 9.17) is 0 Å². The van der Waals surface area contributed by atoms with E-state index >= 15 is 0 Å². The molecule has 0 spiro atoms. The van der Waals surface area contributed by atoms with Crippen LogP contribution < -0.4 is 0 Å². The van der Waals surface area contributed by atoms with Gasteiger partial charge in [0.05, 0.1) is 0 Å². The molecule has 0 atom stereocenters. The van der Waals surface area contributed by atoms with E-state index in [1.807, 2.05) is 44.7 Å². The molecule has 1 aromatic rings. The van der Waals surface area contributed by atoms with E-state index < -0.39 is 0 Å². The highest BCUT2D eigenvalue weighted by Gasteiger charge is 2.11. The average Bonchev–Trinajstić information content (AvgIpc) is 2.72. The van der Waals surface area contributed by atoms with Crippen molar-refractivity contribution in [3.63, 3.8) is 0 Å². The van der Waals surface area contributed by atoms with Gasteiger partial charge in [-0.05, 0) is 6.08 Å². The molecule has 90 valence electrons. The number of fused-ring (bicyclic) bond motifs is 1. The van der Waals surface area contributed by atoms with Gasteiger partial charge in [0.1, 0.15) is 5.82 Å².